The van der Waals surface area contributed by atoms with E-state index in [2.05, 4.69) is 46.6 Å². The minimum Gasteiger partial charge on any atom is -0.352 e. The Hall–Kier alpha value is -2.33. The number of halogens is 2. The summed E-state index contributed by atoms with van der Waals surface area (Å²) in [6.45, 7) is 4.79. The molecular weight excluding hydrogens is 439 g/mol. The predicted octanol–water partition coefficient (Wildman–Crippen LogP) is 6.29. The molecule has 3 aromatic carbocycles. The van der Waals surface area contributed by atoms with Gasteiger partial charge >= 0.3 is 0 Å². The maximum Gasteiger partial charge on any atom is 0.224 e. The summed E-state index contributed by atoms with van der Waals surface area (Å²) in [5.41, 5.74) is 5.60. The molecule has 0 spiro atoms. The molecule has 1 N–H and O–H groups in total. The Labute approximate surface area is 200 Å². The fourth-order valence-corrected chi connectivity index (χ4v) is 4.70. The first-order valence-corrected chi connectivity index (χ1v) is 11.8. The van der Waals surface area contributed by atoms with Crippen LogP contribution >= 0.6 is 23.2 Å². The molecule has 4 rings (SSSR count). The number of hydrogen-bond donors (Lipinski definition) is 1. The van der Waals surface area contributed by atoms with Gasteiger partial charge < -0.3 is 5.32 Å². The number of amides is 1. The highest BCUT2D eigenvalue weighted by molar-refractivity contribution is 6.31. The molecule has 5 heteroatoms. The van der Waals surface area contributed by atoms with Crippen molar-refractivity contribution >= 4 is 29.1 Å². The van der Waals surface area contributed by atoms with Gasteiger partial charge in [-0.25, -0.2) is 0 Å². The second kappa shape index (κ2) is 10.5. The third kappa shape index (κ3) is 6.13. The Bertz CT molecular complexity index is 1100. The molecule has 0 bridgehead atoms. The second-order valence-corrected chi connectivity index (χ2v) is 9.46. The van der Waals surface area contributed by atoms with Crippen molar-refractivity contribution < 1.29 is 4.79 Å². The van der Waals surface area contributed by atoms with E-state index < -0.39 is 0 Å². The van der Waals surface area contributed by atoms with Crippen LogP contribution < -0.4 is 5.32 Å². The number of piperidine rings is 1. The van der Waals surface area contributed by atoms with Gasteiger partial charge in [0.25, 0.3) is 0 Å². The van der Waals surface area contributed by atoms with E-state index in [0.717, 1.165) is 54.2 Å². The molecule has 0 aromatic heterocycles. The summed E-state index contributed by atoms with van der Waals surface area (Å²) in [6, 6.07) is 22.5. The number of rotatable bonds is 6. The molecule has 1 aliphatic rings. The number of likely N-dealkylation sites (tertiary alicyclic amines) is 1. The third-order valence-electron chi connectivity index (χ3n) is 5.96. The Morgan fingerprint density at radius 1 is 1.00 bits per heavy atom. The molecule has 3 aromatic rings. The summed E-state index contributed by atoms with van der Waals surface area (Å²) in [7, 11) is 0. The van der Waals surface area contributed by atoms with Crippen molar-refractivity contribution in [3.05, 3.63) is 93.5 Å². The number of nitrogens with one attached hydrogen (secondary N) is 1. The van der Waals surface area contributed by atoms with Crippen LogP contribution in [-0.4, -0.2) is 29.9 Å². The maximum atomic E-state index is 12.5. The lowest BCUT2D eigenvalue weighted by Crippen LogP contribution is -2.47. The fourth-order valence-electron chi connectivity index (χ4n) is 4.31. The van der Waals surface area contributed by atoms with E-state index in [1.54, 1.807) is 0 Å². The van der Waals surface area contributed by atoms with Gasteiger partial charge in [0.05, 0.1) is 6.42 Å². The number of benzene rings is 3. The molecule has 3 nitrogen and oxygen atoms in total. The Morgan fingerprint density at radius 3 is 2.59 bits per heavy atom. The molecule has 32 heavy (non-hydrogen) atoms. The van der Waals surface area contributed by atoms with Crippen molar-refractivity contribution in [1.29, 1.82) is 0 Å². The minimum absolute atomic E-state index is 0.0531. The molecule has 1 fully saturated rings. The van der Waals surface area contributed by atoms with Crippen molar-refractivity contribution in [2.45, 2.75) is 38.8 Å². The fraction of sp³-hybridized carbons (Fsp3) is 0.296. The van der Waals surface area contributed by atoms with Crippen LogP contribution in [0.4, 0.5) is 0 Å². The summed E-state index contributed by atoms with van der Waals surface area (Å²) in [4.78, 5) is 15.0. The first-order chi connectivity index (χ1) is 15.5. The Kier molecular flexibility index (Phi) is 7.51. The van der Waals surface area contributed by atoms with Crippen molar-refractivity contribution in [2.24, 2.45) is 0 Å². The van der Waals surface area contributed by atoms with Gasteiger partial charge in [-0.15, -0.1) is 0 Å². The van der Waals surface area contributed by atoms with E-state index in [9.17, 15) is 4.79 Å². The van der Waals surface area contributed by atoms with Crippen LogP contribution in [0.5, 0.6) is 0 Å². The van der Waals surface area contributed by atoms with Crippen LogP contribution in [-0.2, 0) is 17.8 Å². The smallest absolute Gasteiger partial charge is 0.224 e. The van der Waals surface area contributed by atoms with E-state index in [0.29, 0.717) is 11.4 Å². The van der Waals surface area contributed by atoms with Gasteiger partial charge in [0.2, 0.25) is 5.91 Å². The lowest BCUT2D eigenvalue weighted by molar-refractivity contribution is -0.121. The van der Waals surface area contributed by atoms with Crippen LogP contribution in [0.25, 0.3) is 11.1 Å². The highest BCUT2D eigenvalue weighted by atomic mass is 35.5. The van der Waals surface area contributed by atoms with E-state index in [1.165, 1.54) is 11.1 Å². The zero-order chi connectivity index (χ0) is 22.5. The Morgan fingerprint density at radius 2 is 1.78 bits per heavy atom. The summed E-state index contributed by atoms with van der Waals surface area (Å²) in [5, 5.41) is 4.67. The molecular formula is C27H28Cl2N2O. The second-order valence-electron chi connectivity index (χ2n) is 8.61. The van der Waals surface area contributed by atoms with Crippen molar-refractivity contribution in [2.75, 3.05) is 13.1 Å². The van der Waals surface area contributed by atoms with Gasteiger partial charge in [-0.05, 0) is 78.4 Å². The minimum atomic E-state index is 0.0531. The molecule has 0 saturated carbocycles. The molecule has 0 radical (unpaired) electrons. The van der Waals surface area contributed by atoms with Gasteiger partial charge in [0, 0.05) is 29.2 Å². The van der Waals surface area contributed by atoms with Crippen LogP contribution in [0.1, 0.15) is 29.5 Å². The molecule has 166 valence electrons. The molecule has 1 heterocycles. The monoisotopic (exact) mass is 466 g/mol. The molecule has 1 saturated heterocycles. The standard InChI is InChI=1S/C27H28Cl2N2O/c1-19-10-11-23(16-26(19)29)22-7-2-6-21(13-22)17-31-12-4-9-25(18-31)30-27(32)15-20-5-3-8-24(28)14-20/h2-3,5-8,10-11,13-14,16,25H,4,9,12,15,17-18H2,1H3,(H,30,32). The normalized spacial score (nSPS) is 16.7. The molecule has 1 atom stereocenters. The van der Waals surface area contributed by atoms with E-state index in [-0.39, 0.29) is 11.9 Å². The van der Waals surface area contributed by atoms with Crippen LogP contribution in [0.3, 0.4) is 0 Å². The van der Waals surface area contributed by atoms with E-state index in [4.69, 9.17) is 23.2 Å². The molecule has 1 unspecified atom stereocenters. The zero-order valence-electron chi connectivity index (χ0n) is 18.3. The quantitative estimate of drug-likeness (QED) is 0.462. The molecule has 1 amide bonds. The maximum absolute atomic E-state index is 12.5. The highest BCUT2D eigenvalue weighted by Crippen LogP contribution is 2.26. The number of hydrogen-bond acceptors (Lipinski definition) is 2. The van der Waals surface area contributed by atoms with Crippen molar-refractivity contribution in [1.82, 2.24) is 10.2 Å². The predicted molar refractivity (Wildman–Crippen MR) is 133 cm³/mol. The van der Waals surface area contributed by atoms with E-state index in [1.807, 2.05) is 37.3 Å². The van der Waals surface area contributed by atoms with Gasteiger partial charge in [-0.1, -0.05) is 65.7 Å². The number of nitrogens with zero attached hydrogens (tertiary/aromatic N) is 1. The van der Waals surface area contributed by atoms with Gasteiger partial charge in [-0.2, -0.15) is 0 Å². The first kappa shape index (κ1) is 22.8. The van der Waals surface area contributed by atoms with Gasteiger partial charge in [0.1, 0.15) is 0 Å². The van der Waals surface area contributed by atoms with Crippen molar-refractivity contribution in [3.63, 3.8) is 0 Å². The van der Waals surface area contributed by atoms with Crippen molar-refractivity contribution in [3.8, 4) is 11.1 Å². The third-order valence-corrected chi connectivity index (χ3v) is 6.60. The first-order valence-electron chi connectivity index (χ1n) is 11.1. The number of aryl methyl sites for hydroxylation is 1. The molecule has 1 aliphatic heterocycles. The number of carbonyl (C=O) groups is 1. The summed E-state index contributed by atoms with van der Waals surface area (Å²) in [5.74, 6) is 0.0531. The van der Waals surface area contributed by atoms with E-state index >= 15 is 0 Å². The molecule has 0 aliphatic carbocycles. The van der Waals surface area contributed by atoms with Crippen LogP contribution in [0.15, 0.2) is 66.7 Å². The highest BCUT2D eigenvalue weighted by Gasteiger charge is 2.21. The zero-order valence-corrected chi connectivity index (χ0v) is 19.8. The average Bonchev–Trinajstić information content (AvgIpc) is 2.76. The largest absolute Gasteiger partial charge is 0.352 e. The average molecular weight is 467 g/mol. The lowest BCUT2D eigenvalue weighted by atomic mass is 10.0. The summed E-state index contributed by atoms with van der Waals surface area (Å²) in [6.07, 6.45) is 2.45. The van der Waals surface area contributed by atoms with Gasteiger partial charge in [-0.3, -0.25) is 9.69 Å². The SMILES string of the molecule is Cc1ccc(-c2cccc(CN3CCCC(NC(=O)Cc4cccc(Cl)c4)C3)c2)cc1Cl. The van der Waals surface area contributed by atoms with Crippen LogP contribution in [0.2, 0.25) is 10.0 Å². The summed E-state index contributed by atoms with van der Waals surface area (Å²) >= 11 is 12.4. The van der Waals surface area contributed by atoms with Gasteiger partial charge in [0.15, 0.2) is 0 Å². The number of carbonyl (C=O) groups excluding carboxylic acids is 1. The lowest BCUT2D eigenvalue weighted by Gasteiger charge is -2.33. The summed E-state index contributed by atoms with van der Waals surface area (Å²) < 4.78 is 0. The topological polar surface area (TPSA) is 32.3 Å². The van der Waals surface area contributed by atoms with Crippen LogP contribution in [0, 0.1) is 6.92 Å². The Balaban J connectivity index is 1.35.